The number of aromatic nitrogens is 3. The van der Waals surface area contributed by atoms with Crippen LogP contribution in [-0.4, -0.2) is 71.9 Å². The molecule has 1 aliphatic rings. The average molecular weight is 534 g/mol. The molecule has 0 radical (unpaired) electrons. The van der Waals surface area contributed by atoms with Crippen LogP contribution in [0.1, 0.15) is 27.9 Å². The maximum Gasteiger partial charge on any atom is 0.262 e. The molecule has 2 aromatic heterocycles. The van der Waals surface area contributed by atoms with Crippen LogP contribution in [-0.2, 0) is 10.0 Å². The van der Waals surface area contributed by atoms with Crippen molar-refractivity contribution in [2.75, 3.05) is 37.6 Å². The number of amides is 1. The lowest BCUT2D eigenvalue weighted by Gasteiger charge is -2.20. The third-order valence-electron chi connectivity index (χ3n) is 7.13. The molecule has 1 saturated heterocycles. The zero-order chi connectivity index (χ0) is 27.2. The predicted molar refractivity (Wildman–Crippen MR) is 148 cm³/mol. The summed E-state index contributed by atoms with van der Waals surface area (Å²) in [5, 5.41) is 4.37. The molecule has 0 spiro atoms. The summed E-state index contributed by atoms with van der Waals surface area (Å²) in [5.74, 6) is 0.239. The maximum atomic E-state index is 13.2. The van der Waals surface area contributed by atoms with E-state index in [-0.39, 0.29) is 10.8 Å². The van der Waals surface area contributed by atoms with Gasteiger partial charge in [-0.1, -0.05) is 24.3 Å². The van der Waals surface area contributed by atoms with Crippen LogP contribution in [0.2, 0.25) is 0 Å². The molecule has 1 unspecified atom stereocenters. The van der Waals surface area contributed by atoms with E-state index in [1.807, 2.05) is 25.9 Å². The maximum absolute atomic E-state index is 13.2. The van der Waals surface area contributed by atoms with E-state index in [0.717, 1.165) is 17.5 Å². The lowest BCUT2D eigenvalue weighted by Crippen LogP contribution is -2.34. The lowest BCUT2D eigenvalue weighted by atomic mass is 10.0. The summed E-state index contributed by atoms with van der Waals surface area (Å²) >= 11 is 0. The molecule has 1 atom stereocenters. The Morgan fingerprint density at radius 1 is 1.08 bits per heavy atom. The molecule has 3 heterocycles. The number of nitrogens with one attached hydrogen (secondary N) is 1. The molecule has 11 heteroatoms. The van der Waals surface area contributed by atoms with Gasteiger partial charge in [-0.15, -0.1) is 0 Å². The Morgan fingerprint density at radius 2 is 1.84 bits per heavy atom. The fraction of sp³-hybridized carbons (Fsp3) is 0.296. The summed E-state index contributed by atoms with van der Waals surface area (Å²) in [7, 11) is 0.303. The van der Waals surface area contributed by atoms with Crippen LogP contribution in [0.4, 0.5) is 11.5 Å². The van der Waals surface area contributed by atoms with Crippen molar-refractivity contribution in [2.24, 2.45) is 0 Å². The van der Waals surface area contributed by atoms with Gasteiger partial charge < -0.3 is 15.5 Å². The second kappa shape index (κ2) is 9.73. The van der Waals surface area contributed by atoms with Crippen molar-refractivity contribution in [2.45, 2.75) is 31.2 Å². The van der Waals surface area contributed by atoms with Crippen LogP contribution in [0.5, 0.6) is 0 Å². The van der Waals surface area contributed by atoms with Crippen molar-refractivity contribution < 1.29 is 13.2 Å². The standard InChI is InChI=1S/C27H31N7O3S/c1-17-7-5-6-8-24(17)38(36,37)31-19-9-10-21(18(2)13-19)22-14-29-26-23(15-30-34(26)25(22)28)27(35)33-12-11-20(16-33)32(3)4/h5-10,13-15,20,31H,11-12,16,28H2,1-4H3. The van der Waals surface area contributed by atoms with Gasteiger partial charge in [-0.2, -0.15) is 9.61 Å². The predicted octanol–water partition coefficient (Wildman–Crippen LogP) is 3.17. The minimum absolute atomic E-state index is 0.106. The van der Waals surface area contributed by atoms with Gasteiger partial charge in [0, 0.05) is 36.6 Å². The number of nitrogen functional groups attached to an aromatic ring is 1. The van der Waals surface area contributed by atoms with Crippen LogP contribution in [0, 0.1) is 13.8 Å². The molecular formula is C27H31N7O3S. The molecule has 0 aliphatic carbocycles. The highest BCUT2D eigenvalue weighted by Gasteiger charge is 2.30. The number of rotatable bonds is 6. The number of hydrogen-bond donors (Lipinski definition) is 2. The molecule has 0 saturated carbocycles. The van der Waals surface area contributed by atoms with E-state index in [1.165, 1.54) is 10.7 Å². The Kier molecular flexibility index (Phi) is 6.58. The first-order chi connectivity index (χ1) is 18.1. The summed E-state index contributed by atoms with van der Waals surface area (Å²) < 4.78 is 30.0. The van der Waals surface area contributed by atoms with Crippen molar-refractivity contribution in [1.82, 2.24) is 24.4 Å². The zero-order valence-corrected chi connectivity index (χ0v) is 22.7. The summed E-state index contributed by atoms with van der Waals surface area (Å²) in [5.41, 5.74) is 10.7. The first-order valence-corrected chi connectivity index (χ1v) is 13.8. The monoisotopic (exact) mass is 533 g/mol. The molecular weight excluding hydrogens is 502 g/mol. The van der Waals surface area contributed by atoms with E-state index in [1.54, 1.807) is 55.6 Å². The van der Waals surface area contributed by atoms with Gasteiger partial charge in [0.2, 0.25) is 0 Å². The van der Waals surface area contributed by atoms with Crippen LogP contribution < -0.4 is 10.5 Å². The number of fused-ring (bicyclic) bond motifs is 1. The minimum Gasteiger partial charge on any atom is -0.383 e. The van der Waals surface area contributed by atoms with E-state index in [2.05, 4.69) is 19.7 Å². The lowest BCUT2D eigenvalue weighted by molar-refractivity contribution is 0.0784. The quantitative estimate of drug-likeness (QED) is 0.390. The number of nitrogens with two attached hydrogens (primary N) is 1. The number of carbonyl (C=O) groups excluding carboxylic acids is 1. The normalized spacial score (nSPS) is 15.9. The van der Waals surface area contributed by atoms with E-state index in [9.17, 15) is 13.2 Å². The van der Waals surface area contributed by atoms with Crippen molar-refractivity contribution in [3.05, 3.63) is 71.5 Å². The van der Waals surface area contributed by atoms with Crippen LogP contribution in [0.3, 0.4) is 0 Å². The average Bonchev–Trinajstić information content (AvgIpc) is 3.53. The Morgan fingerprint density at radius 3 is 2.53 bits per heavy atom. The molecule has 1 aliphatic heterocycles. The molecule has 1 amide bonds. The number of aryl methyl sites for hydroxylation is 2. The Balaban J connectivity index is 1.42. The van der Waals surface area contributed by atoms with Gasteiger partial charge in [-0.25, -0.2) is 13.4 Å². The summed E-state index contributed by atoms with van der Waals surface area (Å²) in [6, 6.07) is 12.4. The van der Waals surface area contributed by atoms with Gasteiger partial charge in [-0.05, 0) is 69.3 Å². The molecule has 1 fully saturated rings. The number of likely N-dealkylation sites (tertiary alicyclic amines) is 1. The molecule has 198 valence electrons. The van der Waals surface area contributed by atoms with Crippen molar-refractivity contribution in [3.63, 3.8) is 0 Å². The largest absolute Gasteiger partial charge is 0.383 e. The third-order valence-corrected chi connectivity index (χ3v) is 8.67. The van der Waals surface area contributed by atoms with Crippen molar-refractivity contribution in [3.8, 4) is 11.1 Å². The Hall–Kier alpha value is -3.96. The van der Waals surface area contributed by atoms with Crippen LogP contribution >= 0.6 is 0 Å². The first-order valence-electron chi connectivity index (χ1n) is 12.3. The second-order valence-corrected chi connectivity index (χ2v) is 11.6. The highest BCUT2D eigenvalue weighted by molar-refractivity contribution is 7.92. The number of nitrogens with zero attached hydrogens (tertiary/aromatic N) is 5. The number of benzene rings is 2. The Labute approximate surface area is 222 Å². The van der Waals surface area contributed by atoms with E-state index >= 15 is 0 Å². The number of likely N-dealkylation sites (N-methyl/N-ethyl adjacent to an activating group) is 1. The van der Waals surface area contributed by atoms with E-state index in [0.29, 0.717) is 53.0 Å². The van der Waals surface area contributed by atoms with E-state index < -0.39 is 10.0 Å². The van der Waals surface area contributed by atoms with Gasteiger partial charge in [0.25, 0.3) is 15.9 Å². The molecule has 38 heavy (non-hydrogen) atoms. The first kappa shape index (κ1) is 25.7. The summed E-state index contributed by atoms with van der Waals surface area (Å²) in [6.07, 6.45) is 4.08. The SMILES string of the molecule is Cc1cc(NS(=O)(=O)c2ccccc2C)ccc1-c1cnc2c(C(=O)N3CCC(N(C)C)C3)cnn2c1N. The van der Waals surface area contributed by atoms with Gasteiger partial charge >= 0.3 is 0 Å². The van der Waals surface area contributed by atoms with Crippen molar-refractivity contribution >= 4 is 33.1 Å². The van der Waals surface area contributed by atoms with Crippen molar-refractivity contribution in [1.29, 1.82) is 0 Å². The number of hydrogen-bond acceptors (Lipinski definition) is 7. The van der Waals surface area contributed by atoms with E-state index in [4.69, 9.17) is 5.73 Å². The summed E-state index contributed by atoms with van der Waals surface area (Å²) in [4.78, 5) is 21.9. The second-order valence-electron chi connectivity index (χ2n) is 9.91. The molecule has 4 aromatic rings. The van der Waals surface area contributed by atoms with Gasteiger partial charge in [0.15, 0.2) is 5.65 Å². The fourth-order valence-electron chi connectivity index (χ4n) is 4.92. The molecule has 3 N–H and O–H groups in total. The molecule has 0 bridgehead atoms. The smallest absolute Gasteiger partial charge is 0.262 e. The molecule has 5 rings (SSSR count). The highest BCUT2D eigenvalue weighted by atomic mass is 32.2. The number of sulfonamides is 1. The van der Waals surface area contributed by atoms with Gasteiger partial charge in [0.05, 0.1) is 11.1 Å². The third kappa shape index (κ3) is 4.59. The molecule has 10 nitrogen and oxygen atoms in total. The van der Waals surface area contributed by atoms with Crippen LogP contribution in [0.15, 0.2) is 59.8 Å². The summed E-state index contributed by atoms with van der Waals surface area (Å²) in [6.45, 7) is 4.98. The topological polar surface area (TPSA) is 126 Å². The van der Waals surface area contributed by atoms with Gasteiger partial charge in [-0.3, -0.25) is 9.52 Å². The zero-order valence-electron chi connectivity index (χ0n) is 21.8. The minimum atomic E-state index is -3.74. The fourth-order valence-corrected chi connectivity index (χ4v) is 6.22. The molecule has 2 aromatic carbocycles. The highest BCUT2D eigenvalue weighted by Crippen LogP contribution is 2.32. The van der Waals surface area contributed by atoms with Gasteiger partial charge in [0.1, 0.15) is 11.4 Å². The Bertz CT molecular complexity index is 1650. The number of anilines is 2. The number of carbonyl (C=O) groups is 1. The van der Waals surface area contributed by atoms with Crippen LogP contribution in [0.25, 0.3) is 16.8 Å².